The summed E-state index contributed by atoms with van der Waals surface area (Å²) in [6.07, 6.45) is 0.666. The maximum atomic E-state index is 13.0. The average Bonchev–Trinajstić information content (AvgIpc) is 2.91. The molecule has 10 heteroatoms. The van der Waals surface area contributed by atoms with E-state index in [-0.39, 0.29) is 15.5 Å². The Labute approximate surface area is 159 Å². The van der Waals surface area contributed by atoms with Crippen molar-refractivity contribution in [3.8, 4) is 0 Å². The number of primary amides is 1. The highest BCUT2D eigenvalue weighted by Gasteiger charge is 2.29. The van der Waals surface area contributed by atoms with E-state index in [9.17, 15) is 22.4 Å². The Morgan fingerprint density at radius 2 is 1.96 bits per heavy atom. The van der Waals surface area contributed by atoms with Crippen molar-refractivity contribution in [3.05, 3.63) is 46.1 Å². The molecule has 1 aromatic heterocycles. The third-order valence-electron chi connectivity index (χ3n) is 4.35. The zero-order valence-electron chi connectivity index (χ0n) is 14.5. The molecule has 1 aliphatic heterocycles. The van der Waals surface area contributed by atoms with Crippen LogP contribution in [0.3, 0.4) is 0 Å². The highest BCUT2D eigenvalue weighted by molar-refractivity contribution is 7.92. The fourth-order valence-electron chi connectivity index (χ4n) is 3.03. The lowest BCUT2D eigenvalue weighted by atomic mass is 10.0. The molecule has 0 aliphatic carbocycles. The van der Waals surface area contributed by atoms with Gasteiger partial charge in [-0.1, -0.05) is 0 Å². The predicted octanol–water partition coefficient (Wildman–Crippen LogP) is -0.0307. The summed E-state index contributed by atoms with van der Waals surface area (Å²) in [5, 5.41) is 2.80. The Kier molecular flexibility index (Phi) is 5.31. The molecule has 0 radical (unpaired) electrons. The number of carbonyl (C=O) groups is 2. The van der Waals surface area contributed by atoms with Crippen molar-refractivity contribution in [2.24, 2.45) is 5.73 Å². The summed E-state index contributed by atoms with van der Waals surface area (Å²) in [4.78, 5) is 26.3. The molecule has 2 heterocycles. The van der Waals surface area contributed by atoms with Crippen molar-refractivity contribution in [1.29, 1.82) is 0 Å². The molecule has 0 bridgehead atoms. The van der Waals surface area contributed by atoms with Crippen molar-refractivity contribution in [2.75, 3.05) is 24.7 Å². The number of quaternary nitrogens is 1. The topological polar surface area (TPSA) is 111 Å². The van der Waals surface area contributed by atoms with Gasteiger partial charge in [-0.15, -0.1) is 11.3 Å². The third-order valence-corrected chi connectivity index (χ3v) is 7.13. The first-order chi connectivity index (χ1) is 12.7. The van der Waals surface area contributed by atoms with Crippen LogP contribution in [0.15, 0.2) is 29.2 Å². The second-order valence-electron chi connectivity index (χ2n) is 6.47. The lowest BCUT2D eigenvalue weighted by Crippen LogP contribution is -3.08. The van der Waals surface area contributed by atoms with Gasteiger partial charge in [0.15, 0.2) is 9.84 Å². The molecule has 4 N–H and O–H groups in total. The first-order valence-electron chi connectivity index (χ1n) is 8.21. The standard InChI is InChI=1S/C17H18FN3O4S2/c1-21-7-6-12-13(8-21)26-17(15(12)16(19)23)20-14(22)9-27(24,25)11-4-2-10(18)3-5-11/h2-5H,6-9H2,1H3,(H2,19,23)(H,20,22)/p+1. The Hall–Kier alpha value is -2.30. The highest BCUT2D eigenvalue weighted by atomic mass is 32.2. The van der Waals surface area contributed by atoms with Crippen molar-refractivity contribution in [2.45, 2.75) is 17.9 Å². The summed E-state index contributed by atoms with van der Waals surface area (Å²) in [6.45, 7) is 1.56. The Morgan fingerprint density at radius 3 is 2.59 bits per heavy atom. The van der Waals surface area contributed by atoms with Gasteiger partial charge in [-0.05, 0) is 29.8 Å². The van der Waals surface area contributed by atoms with Crippen LogP contribution in [-0.2, 0) is 27.6 Å². The van der Waals surface area contributed by atoms with Crippen molar-refractivity contribution < 1.29 is 27.3 Å². The molecule has 7 nitrogen and oxygen atoms in total. The molecule has 144 valence electrons. The van der Waals surface area contributed by atoms with E-state index in [0.29, 0.717) is 13.0 Å². The van der Waals surface area contributed by atoms with Crippen LogP contribution in [0.25, 0.3) is 0 Å². The van der Waals surface area contributed by atoms with E-state index in [1.165, 1.54) is 16.2 Å². The minimum atomic E-state index is -3.93. The van der Waals surface area contributed by atoms with Crippen LogP contribution in [0.1, 0.15) is 20.8 Å². The van der Waals surface area contributed by atoms with E-state index >= 15 is 0 Å². The molecule has 3 rings (SSSR count). The molecule has 0 saturated carbocycles. The van der Waals surface area contributed by atoms with Gasteiger partial charge >= 0.3 is 0 Å². The van der Waals surface area contributed by atoms with Gasteiger partial charge in [0, 0.05) is 6.42 Å². The largest absolute Gasteiger partial charge is 0.365 e. The zero-order valence-corrected chi connectivity index (χ0v) is 16.2. The summed E-state index contributed by atoms with van der Waals surface area (Å²) in [7, 11) is -1.91. The number of nitrogens with one attached hydrogen (secondary N) is 2. The van der Waals surface area contributed by atoms with Gasteiger partial charge in [0.05, 0.1) is 28.9 Å². The number of carbonyl (C=O) groups excluding carboxylic acids is 2. The molecule has 0 saturated heterocycles. The SMILES string of the molecule is C[NH+]1CCc2c(sc(NC(=O)CS(=O)(=O)c3ccc(F)cc3)c2C(N)=O)C1. The summed E-state index contributed by atoms with van der Waals surface area (Å²) in [5.74, 6) is -2.81. The van der Waals surface area contributed by atoms with E-state index in [1.807, 2.05) is 7.05 Å². The number of thiophene rings is 1. The van der Waals surface area contributed by atoms with Crippen LogP contribution in [0.2, 0.25) is 0 Å². The van der Waals surface area contributed by atoms with E-state index in [1.54, 1.807) is 0 Å². The molecule has 1 atom stereocenters. The van der Waals surface area contributed by atoms with Crippen molar-refractivity contribution in [1.82, 2.24) is 0 Å². The van der Waals surface area contributed by atoms with Gasteiger partial charge in [-0.25, -0.2) is 12.8 Å². The molecule has 1 aromatic carbocycles. The summed E-state index contributed by atoms with van der Waals surface area (Å²) in [5.41, 5.74) is 6.57. The number of fused-ring (bicyclic) bond motifs is 1. The lowest BCUT2D eigenvalue weighted by molar-refractivity contribution is -0.895. The molecule has 1 aliphatic rings. The van der Waals surface area contributed by atoms with Gasteiger partial charge in [-0.3, -0.25) is 9.59 Å². The van der Waals surface area contributed by atoms with Crippen molar-refractivity contribution in [3.63, 3.8) is 0 Å². The number of nitrogens with two attached hydrogens (primary N) is 1. The lowest BCUT2D eigenvalue weighted by Gasteiger charge is -2.19. The van der Waals surface area contributed by atoms with Crippen molar-refractivity contribution >= 4 is 38.0 Å². The normalized spacial score (nSPS) is 16.6. The summed E-state index contributed by atoms with van der Waals surface area (Å²) in [6, 6.07) is 4.24. The van der Waals surface area contributed by atoms with Crippen LogP contribution in [0, 0.1) is 5.82 Å². The number of anilines is 1. The number of likely N-dealkylation sites (N-methyl/N-ethyl adjacent to an activating group) is 1. The Balaban J connectivity index is 1.82. The average molecular weight is 412 g/mol. The fraction of sp³-hybridized carbons (Fsp3) is 0.294. The van der Waals surface area contributed by atoms with Gasteiger partial charge < -0.3 is 16.0 Å². The number of hydrogen-bond donors (Lipinski definition) is 3. The molecule has 0 fully saturated rings. The maximum Gasteiger partial charge on any atom is 0.252 e. The third kappa shape index (κ3) is 4.18. The maximum absolute atomic E-state index is 13.0. The van der Waals surface area contributed by atoms with Gasteiger partial charge in [0.25, 0.3) is 5.91 Å². The van der Waals surface area contributed by atoms with Gasteiger partial charge in [-0.2, -0.15) is 0 Å². The van der Waals surface area contributed by atoms with Crippen LogP contribution >= 0.6 is 11.3 Å². The van der Waals surface area contributed by atoms with E-state index in [2.05, 4.69) is 5.32 Å². The second kappa shape index (κ2) is 7.37. The zero-order chi connectivity index (χ0) is 19.8. The Bertz CT molecular complexity index is 1000. The number of hydrogen-bond acceptors (Lipinski definition) is 5. The van der Waals surface area contributed by atoms with Crippen LogP contribution in [0.4, 0.5) is 9.39 Å². The number of rotatable bonds is 5. The monoisotopic (exact) mass is 412 g/mol. The molecular weight excluding hydrogens is 393 g/mol. The van der Waals surface area contributed by atoms with E-state index in [4.69, 9.17) is 5.73 Å². The quantitative estimate of drug-likeness (QED) is 0.599. The summed E-state index contributed by atoms with van der Waals surface area (Å²) >= 11 is 1.25. The van der Waals surface area contributed by atoms with Gasteiger partial charge in [0.2, 0.25) is 5.91 Å². The number of halogens is 1. The second-order valence-corrected chi connectivity index (χ2v) is 9.56. The molecule has 1 unspecified atom stereocenters. The number of sulfone groups is 1. The molecule has 2 amide bonds. The number of benzene rings is 1. The minimum absolute atomic E-state index is 0.148. The predicted molar refractivity (Wildman–Crippen MR) is 99.1 cm³/mol. The Morgan fingerprint density at radius 1 is 1.30 bits per heavy atom. The number of amides is 2. The van der Waals surface area contributed by atoms with E-state index in [0.717, 1.165) is 41.3 Å². The van der Waals surface area contributed by atoms with Gasteiger partial charge in [0.1, 0.15) is 23.1 Å². The smallest absolute Gasteiger partial charge is 0.252 e. The van der Waals surface area contributed by atoms with Crippen LogP contribution in [0.5, 0.6) is 0 Å². The van der Waals surface area contributed by atoms with Crippen LogP contribution < -0.4 is 16.0 Å². The molecule has 27 heavy (non-hydrogen) atoms. The minimum Gasteiger partial charge on any atom is -0.365 e. The first-order valence-corrected chi connectivity index (χ1v) is 10.7. The molecule has 2 aromatic rings. The summed E-state index contributed by atoms with van der Waals surface area (Å²) < 4.78 is 37.6. The highest BCUT2D eigenvalue weighted by Crippen LogP contribution is 2.34. The molecule has 0 spiro atoms. The van der Waals surface area contributed by atoms with E-state index < -0.39 is 33.2 Å². The fourth-order valence-corrected chi connectivity index (χ4v) is 5.55. The first kappa shape index (κ1) is 19.5. The molecular formula is C17H19FN3O4S2+. The van der Waals surface area contributed by atoms with Crippen LogP contribution in [-0.4, -0.2) is 39.6 Å².